The summed E-state index contributed by atoms with van der Waals surface area (Å²) in [6.07, 6.45) is 6.48. The van der Waals surface area contributed by atoms with Crippen LogP contribution in [0.25, 0.3) is 0 Å². The van der Waals surface area contributed by atoms with E-state index in [1.807, 2.05) is 24.3 Å². The Hall–Kier alpha value is -2.58. The van der Waals surface area contributed by atoms with Crippen LogP contribution in [0.3, 0.4) is 0 Å². The third-order valence-corrected chi connectivity index (χ3v) is 4.92. The van der Waals surface area contributed by atoms with Crippen LogP contribution in [0, 0.1) is 11.3 Å². The molecule has 0 bridgehead atoms. The van der Waals surface area contributed by atoms with Crippen molar-refractivity contribution < 1.29 is 9.21 Å². The van der Waals surface area contributed by atoms with Gasteiger partial charge in [-0.25, -0.2) is 0 Å². The molecule has 0 radical (unpaired) electrons. The molecule has 26 heavy (non-hydrogen) atoms. The summed E-state index contributed by atoms with van der Waals surface area (Å²) in [5, 5.41) is 11.9. The first-order valence-electron chi connectivity index (χ1n) is 9.29. The molecule has 2 heterocycles. The Kier molecular flexibility index (Phi) is 6.45. The molecule has 1 N–H and O–H groups in total. The van der Waals surface area contributed by atoms with Gasteiger partial charge < -0.3 is 9.73 Å². The number of likely N-dealkylation sites (tertiary alicyclic amines) is 1. The molecule has 5 nitrogen and oxygen atoms in total. The number of aryl methyl sites for hydroxylation is 1. The monoisotopic (exact) mass is 351 g/mol. The summed E-state index contributed by atoms with van der Waals surface area (Å²) in [7, 11) is 0. The van der Waals surface area contributed by atoms with E-state index in [-0.39, 0.29) is 11.9 Å². The summed E-state index contributed by atoms with van der Waals surface area (Å²) in [4.78, 5) is 14.7. The molecule has 0 saturated carbocycles. The molecule has 1 aliphatic rings. The molecule has 0 spiro atoms. The minimum Gasteiger partial charge on any atom is -0.468 e. The molecule has 3 rings (SSSR count). The second kappa shape index (κ2) is 9.21. The van der Waals surface area contributed by atoms with Crippen molar-refractivity contribution in [2.45, 2.75) is 38.1 Å². The topological polar surface area (TPSA) is 69.3 Å². The number of carbonyl (C=O) groups excluding carboxylic acids is 1. The molecule has 1 amide bonds. The van der Waals surface area contributed by atoms with Crippen LogP contribution in [0.5, 0.6) is 0 Å². The van der Waals surface area contributed by atoms with Crippen LogP contribution >= 0.6 is 0 Å². The van der Waals surface area contributed by atoms with Crippen LogP contribution in [-0.2, 0) is 11.2 Å². The summed E-state index contributed by atoms with van der Waals surface area (Å²) < 4.78 is 5.61. The minimum atomic E-state index is 0.0444. The first-order valence-corrected chi connectivity index (χ1v) is 9.29. The zero-order chi connectivity index (χ0) is 18.2. The Labute approximate surface area is 154 Å². The average Bonchev–Trinajstić information content (AvgIpc) is 3.22. The zero-order valence-electron chi connectivity index (χ0n) is 15.0. The number of nitrogens with zero attached hydrogens (tertiary/aromatic N) is 2. The quantitative estimate of drug-likeness (QED) is 0.830. The lowest BCUT2D eigenvalue weighted by molar-refractivity contribution is -0.121. The van der Waals surface area contributed by atoms with Gasteiger partial charge >= 0.3 is 0 Å². The second-order valence-corrected chi connectivity index (χ2v) is 6.74. The maximum Gasteiger partial charge on any atom is 0.220 e. The van der Waals surface area contributed by atoms with Crippen LogP contribution in [0.4, 0.5) is 0 Å². The molecule has 2 aromatic rings. The van der Waals surface area contributed by atoms with Gasteiger partial charge in [0.1, 0.15) is 5.76 Å². The number of nitriles is 1. The number of furan rings is 1. The molecule has 1 saturated heterocycles. The Bertz CT molecular complexity index is 726. The molecule has 1 atom stereocenters. The summed E-state index contributed by atoms with van der Waals surface area (Å²) in [5.41, 5.74) is 1.71. The van der Waals surface area contributed by atoms with Gasteiger partial charge in [0, 0.05) is 13.0 Å². The predicted octanol–water partition coefficient (Wildman–Crippen LogP) is 3.43. The molecular weight excluding hydrogens is 326 g/mol. The van der Waals surface area contributed by atoms with E-state index >= 15 is 0 Å². The fourth-order valence-corrected chi connectivity index (χ4v) is 3.42. The fraction of sp³-hybridized carbons (Fsp3) is 0.429. The number of carbonyl (C=O) groups is 1. The number of nitrogens with one attached hydrogen (secondary N) is 1. The number of benzene rings is 1. The highest BCUT2D eigenvalue weighted by Gasteiger charge is 2.24. The number of hydrogen-bond acceptors (Lipinski definition) is 4. The average molecular weight is 351 g/mol. The molecule has 5 heteroatoms. The van der Waals surface area contributed by atoms with Crippen molar-refractivity contribution in [3.63, 3.8) is 0 Å². The predicted molar refractivity (Wildman–Crippen MR) is 99.4 cm³/mol. The van der Waals surface area contributed by atoms with Gasteiger partial charge in [-0.05, 0) is 62.2 Å². The van der Waals surface area contributed by atoms with Gasteiger partial charge in [-0.2, -0.15) is 5.26 Å². The zero-order valence-corrected chi connectivity index (χ0v) is 15.0. The second-order valence-electron chi connectivity index (χ2n) is 6.74. The SMILES string of the molecule is N#Cc1ccc(CCC(=O)NC[C@@H](c2ccco2)N2CCCCC2)cc1. The summed E-state index contributed by atoms with van der Waals surface area (Å²) in [6, 6.07) is 13.5. The third-order valence-electron chi connectivity index (χ3n) is 4.92. The van der Waals surface area contributed by atoms with Crippen molar-refractivity contribution in [1.29, 1.82) is 5.26 Å². The lowest BCUT2D eigenvalue weighted by Crippen LogP contribution is -2.40. The van der Waals surface area contributed by atoms with Gasteiger partial charge in [-0.3, -0.25) is 9.69 Å². The van der Waals surface area contributed by atoms with Crippen molar-refractivity contribution in [1.82, 2.24) is 10.2 Å². The molecular formula is C21H25N3O2. The lowest BCUT2D eigenvalue weighted by Gasteiger charge is -2.33. The van der Waals surface area contributed by atoms with Crippen molar-refractivity contribution in [2.24, 2.45) is 0 Å². The number of rotatable bonds is 7. The maximum atomic E-state index is 12.3. The van der Waals surface area contributed by atoms with E-state index in [1.165, 1.54) is 19.3 Å². The van der Waals surface area contributed by atoms with E-state index in [1.54, 1.807) is 18.4 Å². The molecule has 1 aromatic carbocycles. The van der Waals surface area contributed by atoms with E-state index in [2.05, 4.69) is 16.3 Å². The van der Waals surface area contributed by atoms with Crippen molar-refractivity contribution >= 4 is 5.91 Å². The first kappa shape index (κ1) is 18.2. The van der Waals surface area contributed by atoms with Gasteiger partial charge in [0.05, 0.1) is 23.9 Å². The van der Waals surface area contributed by atoms with Crippen LogP contribution in [0.1, 0.15) is 48.6 Å². The lowest BCUT2D eigenvalue weighted by atomic mass is 10.1. The van der Waals surface area contributed by atoms with Gasteiger partial charge in [0.15, 0.2) is 0 Å². The Morgan fingerprint density at radius 2 is 1.96 bits per heavy atom. The van der Waals surface area contributed by atoms with Crippen LogP contribution < -0.4 is 5.32 Å². The van der Waals surface area contributed by atoms with E-state index in [9.17, 15) is 4.79 Å². The highest BCUT2D eigenvalue weighted by atomic mass is 16.3. The van der Waals surface area contributed by atoms with Crippen LogP contribution in [0.2, 0.25) is 0 Å². The van der Waals surface area contributed by atoms with Gasteiger partial charge in [-0.15, -0.1) is 0 Å². The summed E-state index contributed by atoms with van der Waals surface area (Å²) >= 11 is 0. The Morgan fingerprint density at radius 3 is 2.62 bits per heavy atom. The van der Waals surface area contributed by atoms with Crippen molar-refractivity contribution in [3.8, 4) is 6.07 Å². The van der Waals surface area contributed by atoms with Crippen LogP contribution in [-0.4, -0.2) is 30.4 Å². The van der Waals surface area contributed by atoms with Gasteiger partial charge in [0.25, 0.3) is 0 Å². The summed E-state index contributed by atoms with van der Waals surface area (Å²) in [5.74, 6) is 0.960. The third kappa shape index (κ3) is 4.96. The Balaban J connectivity index is 1.51. The molecule has 1 fully saturated rings. The smallest absolute Gasteiger partial charge is 0.220 e. The van der Waals surface area contributed by atoms with Crippen LogP contribution in [0.15, 0.2) is 47.1 Å². The normalized spacial score (nSPS) is 16.0. The van der Waals surface area contributed by atoms with E-state index in [0.29, 0.717) is 24.9 Å². The molecule has 1 aromatic heterocycles. The minimum absolute atomic E-state index is 0.0444. The maximum absolute atomic E-state index is 12.3. The highest BCUT2D eigenvalue weighted by Crippen LogP contribution is 2.24. The molecule has 136 valence electrons. The van der Waals surface area contributed by atoms with E-state index in [0.717, 1.165) is 24.4 Å². The van der Waals surface area contributed by atoms with Gasteiger partial charge in [0.2, 0.25) is 5.91 Å². The van der Waals surface area contributed by atoms with E-state index < -0.39 is 0 Å². The highest BCUT2D eigenvalue weighted by molar-refractivity contribution is 5.76. The number of amides is 1. The Morgan fingerprint density at radius 1 is 1.19 bits per heavy atom. The van der Waals surface area contributed by atoms with Crippen molar-refractivity contribution in [2.75, 3.05) is 19.6 Å². The largest absolute Gasteiger partial charge is 0.468 e. The molecule has 0 aliphatic carbocycles. The standard InChI is InChI=1S/C21H25N3O2/c22-15-18-8-6-17(7-9-18)10-11-21(25)23-16-19(20-5-4-14-26-20)24-12-2-1-3-13-24/h4-9,14,19H,1-3,10-13,16H2,(H,23,25)/t19-/m0/s1. The molecule has 0 unspecified atom stereocenters. The van der Waals surface area contributed by atoms with Gasteiger partial charge in [-0.1, -0.05) is 18.6 Å². The number of hydrogen-bond donors (Lipinski definition) is 1. The fourth-order valence-electron chi connectivity index (χ4n) is 3.42. The molecule has 1 aliphatic heterocycles. The van der Waals surface area contributed by atoms with Crippen molar-refractivity contribution in [3.05, 3.63) is 59.5 Å². The summed E-state index contributed by atoms with van der Waals surface area (Å²) in [6.45, 7) is 2.67. The van der Waals surface area contributed by atoms with E-state index in [4.69, 9.17) is 9.68 Å². The number of piperidine rings is 1. The first-order chi connectivity index (χ1) is 12.8.